The predicted octanol–water partition coefficient (Wildman–Crippen LogP) is 0.811. The number of phenolic OH excluding ortho intramolecular Hbond substituents is 1. The topological polar surface area (TPSA) is 61.7 Å². The van der Waals surface area contributed by atoms with Gasteiger partial charge < -0.3 is 20.3 Å². The lowest BCUT2D eigenvalue weighted by Gasteiger charge is -2.11. The molecule has 4 heteroatoms. The fourth-order valence-electron chi connectivity index (χ4n) is 1.07. The number of hydrogen-bond donors (Lipinski definition) is 3. The minimum Gasteiger partial charge on any atom is -0.508 e. The predicted molar refractivity (Wildman–Crippen MR) is 54.5 cm³/mol. The SMILES string of the molecule is COCC(O)CNc1ccc(O)cc1. The molecule has 0 fully saturated rings. The number of nitrogens with one attached hydrogen (secondary N) is 1. The molecule has 0 amide bonds. The van der Waals surface area contributed by atoms with E-state index in [1.54, 1.807) is 31.4 Å². The van der Waals surface area contributed by atoms with Gasteiger partial charge in [-0.1, -0.05) is 0 Å². The number of rotatable bonds is 5. The second kappa shape index (κ2) is 5.47. The Kier molecular flexibility index (Phi) is 4.22. The number of methoxy groups -OCH3 is 1. The number of aliphatic hydroxyl groups excluding tert-OH is 1. The highest BCUT2D eigenvalue weighted by atomic mass is 16.5. The van der Waals surface area contributed by atoms with Crippen LogP contribution in [-0.2, 0) is 4.74 Å². The van der Waals surface area contributed by atoms with Gasteiger partial charge in [0.25, 0.3) is 0 Å². The smallest absolute Gasteiger partial charge is 0.115 e. The van der Waals surface area contributed by atoms with E-state index in [1.165, 1.54) is 0 Å². The van der Waals surface area contributed by atoms with E-state index in [9.17, 15) is 5.11 Å². The lowest BCUT2D eigenvalue weighted by molar-refractivity contribution is 0.0727. The molecule has 4 nitrogen and oxygen atoms in total. The van der Waals surface area contributed by atoms with Crippen LogP contribution in [0, 0.1) is 0 Å². The first-order valence-corrected chi connectivity index (χ1v) is 4.42. The van der Waals surface area contributed by atoms with Gasteiger partial charge in [-0.2, -0.15) is 0 Å². The molecular weight excluding hydrogens is 182 g/mol. The van der Waals surface area contributed by atoms with Gasteiger partial charge in [0, 0.05) is 19.3 Å². The Labute approximate surface area is 83.1 Å². The summed E-state index contributed by atoms with van der Waals surface area (Å²) in [5.41, 5.74) is 0.859. The summed E-state index contributed by atoms with van der Waals surface area (Å²) in [6.07, 6.45) is -0.520. The van der Waals surface area contributed by atoms with E-state index < -0.39 is 6.10 Å². The average molecular weight is 197 g/mol. The van der Waals surface area contributed by atoms with Crippen molar-refractivity contribution in [3.05, 3.63) is 24.3 Å². The molecule has 3 N–H and O–H groups in total. The first-order valence-electron chi connectivity index (χ1n) is 4.42. The van der Waals surface area contributed by atoms with Gasteiger partial charge >= 0.3 is 0 Å². The fraction of sp³-hybridized carbons (Fsp3) is 0.400. The van der Waals surface area contributed by atoms with Crippen molar-refractivity contribution in [3.63, 3.8) is 0 Å². The molecule has 0 aromatic heterocycles. The van der Waals surface area contributed by atoms with Gasteiger partial charge in [0.2, 0.25) is 0 Å². The third-order valence-corrected chi connectivity index (χ3v) is 1.77. The molecule has 1 aromatic carbocycles. The number of hydrogen-bond acceptors (Lipinski definition) is 4. The molecule has 1 aromatic rings. The lowest BCUT2D eigenvalue weighted by atomic mass is 10.3. The molecule has 0 aliphatic carbocycles. The van der Waals surface area contributed by atoms with Crippen molar-refractivity contribution in [2.45, 2.75) is 6.10 Å². The molecule has 0 spiro atoms. The van der Waals surface area contributed by atoms with Crippen LogP contribution in [0.15, 0.2) is 24.3 Å². The maximum atomic E-state index is 9.33. The zero-order valence-corrected chi connectivity index (χ0v) is 8.10. The second-order valence-electron chi connectivity index (χ2n) is 3.04. The Hall–Kier alpha value is -1.26. The van der Waals surface area contributed by atoms with Crippen LogP contribution in [0.25, 0.3) is 0 Å². The quantitative estimate of drug-likeness (QED) is 0.611. The number of benzene rings is 1. The largest absolute Gasteiger partial charge is 0.508 e. The highest BCUT2D eigenvalue weighted by Gasteiger charge is 2.02. The molecule has 1 rings (SSSR count). The Balaban J connectivity index is 2.34. The van der Waals surface area contributed by atoms with Gasteiger partial charge in [-0.25, -0.2) is 0 Å². The number of ether oxygens (including phenoxy) is 1. The summed E-state index contributed by atoms with van der Waals surface area (Å²) in [5, 5.41) is 21.4. The zero-order chi connectivity index (χ0) is 10.4. The molecule has 1 unspecified atom stereocenters. The Morgan fingerprint density at radius 2 is 2.00 bits per heavy atom. The average Bonchev–Trinajstić information content (AvgIpc) is 2.17. The number of phenols is 1. The van der Waals surface area contributed by atoms with Crippen LogP contribution in [0.2, 0.25) is 0 Å². The maximum Gasteiger partial charge on any atom is 0.115 e. The molecule has 0 radical (unpaired) electrons. The summed E-state index contributed by atoms with van der Waals surface area (Å²) < 4.78 is 4.78. The van der Waals surface area contributed by atoms with Crippen LogP contribution in [0.5, 0.6) is 5.75 Å². The van der Waals surface area contributed by atoms with Crippen molar-refractivity contribution in [2.24, 2.45) is 0 Å². The third-order valence-electron chi connectivity index (χ3n) is 1.77. The molecule has 0 saturated heterocycles. The van der Waals surface area contributed by atoms with Crippen molar-refractivity contribution in [3.8, 4) is 5.75 Å². The Bertz CT molecular complexity index is 261. The summed E-state index contributed by atoms with van der Waals surface area (Å²) >= 11 is 0. The molecule has 0 aliphatic rings. The summed E-state index contributed by atoms with van der Waals surface area (Å²) in [4.78, 5) is 0. The minimum atomic E-state index is -0.520. The van der Waals surface area contributed by atoms with E-state index in [4.69, 9.17) is 9.84 Å². The standard InChI is InChI=1S/C10H15NO3/c1-14-7-10(13)6-11-8-2-4-9(12)5-3-8/h2-5,10-13H,6-7H2,1H3. The first kappa shape index (κ1) is 10.8. The number of aromatic hydroxyl groups is 1. The van der Waals surface area contributed by atoms with Crippen molar-refractivity contribution in [1.29, 1.82) is 0 Å². The Morgan fingerprint density at radius 1 is 1.36 bits per heavy atom. The van der Waals surface area contributed by atoms with Crippen molar-refractivity contribution in [2.75, 3.05) is 25.6 Å². The second-order valence-corrected chi connectivity index (χ2v) is 3.04. The zero-order valence-electron chi connectivity index (χ0n) is 8.10. The molecule has 78 valence electrons. The monoisotopic (exact) mass is 197 g/mol. The van der Waals surface area contributed by atoms with Gasteiger partial charge in [-0.05, 0) is 24.3 Å². The van der Waals surface area contributed by atoms with Crippen LogP contribution in [-0.4, -0.2) is 36.6 Å². The molecule has 0 bridgehead atoms. The maximum absolute atomic E-state index is 9.33. The van der Waals surface area contributed by atoms with Crippen molar-refractivity contribution >= 4 is 5.69 Å². The van der Waals surface area contributed by atoms with Gasteiger partial charge in [-0.15, -0.1) is 0 Å². The van der Waals surface area contributed by atoms with E-state index in [-0.39, 0.29) is 5.75 Å². The molecular formula is C10H15NO3. The minimum absolute atomic E-state index is 0.230. The van der Waals surface area contributed by atoms with Crippen LogP contribution >= 0.6 is 0 Å². The molecule has 0 aliphatic heterocycles. The van der Waals surface area contributed by atoms with Gasteiger partial charge in [0.1, 0.15) is 5.75 Å². The summed E-state index contributed by atoms with van der Waals surface area (Å²) in [6, 6.07) is 6.67. The number of aliphatic hydroxyl groups is 1. The van der Waals surface area contributed by atoms with Gasteiger partial charge in [0.05, 0.1) is 12.7 Å². The van der Waals surface area contributed by atoms with Gasteiger partial charge in [0.15, 0.2) is 0 Å². The highest BCUT2D eigenvalue weighted by molar-refractivity contribution is 5.45. The van der Waals surface area contributed by atoms with E-state index in [0.29, 0.717) is 13.2 Å². The highest BCUT2D eigenvalue weighted by Crippen LogP contribution is 2.13. The van der Waals surface area contributed by atoms with Crippen LogP contribution in [0.3, 0.4) is 0 Å². The van der Waals surface area contributed by atoms with Crippen LogP contribution in [0.4, 0.5) is 5.69 Å². The van der Waals surface area contributed by atoms with Crippen LogP contribution < -0.4 is 5.32 Å². The van der Waals surface area contributed by atoms with E-state index in [2.05, 4.69) is 5.32 Å². The lowest BCUT2D eigenvalue weighted by Crippen LogP contribution is -2.24. The first-order chi connectivity index (χ1) is 6.72. The summed E-state index contributed by atoms with van der Waals surface area (Å²) in [6.45, 7) is 0.740. The normalized spacial score (nSPS) is 12.4. The Morgan fingerprint density at radius 3 is 2.57 bits per heavy atom. The molecule has 14 heavy (non-hydrogen) atoms. The van der Waals surface area contributed by atoms with E-state index in [1.807, 2.05) is 0 Å². The third kappa shape index (κ3) is 3.64. The van der Waals surface area contributed by atoms with Crippen molar-refractivity contribution in [1.82, 2.24) is 0 Å². The van der Waals surface area contributed by atoms with E-state index >= 15 is 0 Å². The summed E-state index contributed by atoms with van der Waals surface area (Å²) in [7, 11) is 1.55. The fourth-order valence-corrected chi connectivity index (χ4v) is 1.07. The number of anilines is 1. The molecule has 1 atom stereocenters. The van der Waals surface area contributed by atoms with Gasteiger partial charge in [-0.3, -0.25) is 0 Å². The van der Waals surface area contributed by atoms with E-state index in [0.717, 1.165) is 5.69 Å². The molecule has 0 heterocycles. The van der Waals surface area contributed by atoms with Crippen molar-refractivity contribution < 1.29 is 14.9 Å². The molecule has 0 saturated carbocycles. The van der Waals surface area contributed by atoms with Crippen LogP contribution in [0.1, 0.15) is 0 Å². The summed E-state index contributed by atoms with van der Waals surface area (Å²) in [5.74, 6) is 0.230.